The topological polar surface area (TPSA) is 46.6 Å². The summed E-state index contributed by atoms with van der Waals surface area (Å²) in [5.74, 6) is 0.0311. The molecule has 2 rings (SSSR count). The van der Waals surface area contributed by atoms with E-state index in [2.05, 4.69) is 4.90 Å². The highest BCUT2D eigenvalue weighted by molar-refractivity contribution is 6.01. The van der Waals surface area contributed by atoms with E-state index >= 15 is 0 Å². The summed E-state index contributed by atoms with van der Waals surface area (Å²) in [6.07, 6.45) is 2.07. The number of ether oxygens (including phenoxy) is 1. The Morgan fingerprint density at radius 3 is 2.50 bits per heavy atom. The molecular weight excluding hydrogens is 254 g/mol. The quantitative estimate of drug-likeness (QED) is 0.626. The number of nitrogens with zero attached hydrogens (tertiary/aromatic N) is 1. The lowest BCUT2D eigenvalue weighted by Crippen LogP contribution is -2.37. The molecule has 4 heteroatoms. The van der Waals surface area contributed by atoms with E-state index in [0.29, 0.717) is 6.42 Å². The Hall–Kier alpha value is -1.84. The summed E-state index contributed by atoms with van der Waals surface area (Å²) in [5.41, 5.74) is 1.77. The molecule has 0 radical (unpaired) electrons. The van der Waals surface area contributed by atoms with Crippen LogP contribution in [0.2, 0.25) is 0 Å². The van der Waals surface area contributed by atoms with Crippen molar-refractivity contribution in [3.63, 3.8) is 0 Å². The van der Waals surface area contributed by atoms with Crippen LogP contribution in [0, 0.1) is 5.92 Å². The van der Waals surface area contributed by atoms with Crippen LogP contribution in [0.4, 0.5) is 5.69 Å². The van der Waals surface area contributed by atoms with Gasteiger partial charge in [0.2, 0.25) is 0 Å². The molecule has 4 nitrogen and oxygen atoms in total. The second-order valence-electron chi connectivity index (χ2n) is 5.08. The number of Topliss-reactive ketones (excluding diaryl/α,β-unsaturated/α-hetero) is 1. The number of hydrogen-bond acceptors (Lipinski definition) is 4. The van der Waals surface area contributed by atoms with E-state index in [9.17, 15) is 9.59 Å². The third-order valence-corrected chi connectivity index (χ3v) is 3.90. The molecule has 1 aromatic rings. The second-order valence-corrected chi connectivity index (χ2v) is 5.08. The number of anilines is 1. The molecule has 0 N–H and O–H groups in total. The number of ketones is 1. The van der Waals surface area contributed by atoms with E-state index in [4.69, 9.17) is 4.74 Å². The van der Waals surface area contributed by atoms with Gasteiger partial charge >= 0.3 is 5.97 Å². The summed E-state index contributed by atoms with van der Waals surface area (Å²) < 4.78 is 4.80. The van der Waals surface area contributed by atoms with Crippen LogP contribution in [-0.4, -0.2) is 32.0 Å². The molecule has 0 aliphatic carbocycles. The summed E-state index contributed by atoms with van der Waals surface area (Å²) in [7, 11) is 1.43. The Morgan fingerprint density at radius 1 is 1.25 bits per heavy atom. The molecule has 0 unspecified atom stereocenters. The zero-order valence-electron chi connectivity index (χ0n) is 12.1. The predicted molar refractivity (Wildman–Crippen MR) is 78.0 cm³/mol. The summed E-state index contributed by atoms with van der Waals surface area (Å²) >= 11 is 0. The van der Waals surface area contributed by atoms with Crippen LogP contribution in [0.15, 0.2) is 24.3 Å². The van der Waals surface area contributed by atoms with Crippen LogP contribution in [0.5, 0.6) is 0 Å². The molecule has 108 valence electrons. The fourth-order valence-corrected chi connectivity index (χ4v) is 2.70. The molecule has 0 aromatic heterocycles. The highest BCUT2D eigenvalue weighted by atomic mass is 16.5. The number of carbonyl (C=O) groups excluding carboxylic acids is 2. The predicted octanol–water partition coefficient (Wildman–Crippen LogP) is 2.67. The van der Waals surface area contributed by atoms with Crippen LogP contribution < -0.4 is 4.90 Å². The van der Waals surface area contributed by atoms with E-state index in [1.165, 1.54) is 7.11 Å². The average Bonchev–Trinajstić information content (AvgIpc) is 2.53. The number of methoxy groups -OCH3 is 1. The first-order chi connectivity index (χ1) is 9.67. The van der Waals surface area contributed by atoms with Gasteiger partial charge in [0.05, 0.1) is 13.0 Å². The molecule has 0 saturated carbocycles. The Labute approximate surface area is 119 Å². The molecule has 1 saturated heterocycles. The number of para-hydroxylation sites is 1. The first-order valence-corrected chi connectivity index (χ1v) is 7.12. The number of piperidine rings is 1. The maximum Gasteiger partial charge on any atom is 0.308 e. The molecular formula is C16H21NO3. The second kappa shape index (κ2) is 6.55. The minimum Gasteiger partial charge on any atom is -0.469 e. The van der Waals surface area contributed by atoms with Gasteiger partial charge in [-0.15, -0.1) is 0 Å². The molecule has 20 heavy (non-hydrogen) atoms. The van der Waals surface area contributed by atoms with Gasteiger partial charge in [0.1, 0.15) is 0 Å². The van der Waals surface area contributed by atoms with Gasteiger partial charge < -0.3 is 9.64 Å². The maximum absolute atomic E-state index is 12.0. The number of hydrogen-bond donors (Lipinski definition) is 0. The van der Waals surface area contributed by atoms with Gasteiger partial charge in [-0.3, -0.25) is 9.59 Å². The fraction of sp³-hybridized carbons (Fsp3) is 0.500. The van der Waals surface area contributed by atoms with E-state index in [1.54, 1.807) is 0 Å². The van der Waals surface area contributed by atoms with Crippen LogP contribution in [0.25, 0.3) is 0 Å². The van der Waals surface area contributed by atoms with Crippen molar-refractivity contribution in [1.29, 1.82) is 0 Å². The van der Waals surface area contributed by atoms with Crippen molar-refractivity contribution in [3.8, 4) is 0 Å². The Kier molecular flexibility index (Phi) is 4.77. The molecule has 1 aliphatic heterocycles. The zero-order valence-corrected chi connectivity index (χ0v) is 12.1. The smallest absolute Gasteiger partial charge is 0.308 e. The largest absolute Gasteiger partial charge is 0.469 e. The van der Waals surface area contributed by atoms with Crippen molar-refractivity contribution < 1.29 is 14.3 Å². The molecule has 1 heterocycles. The van der Waals surface area contributed by atoms with Gasteiger partial charge in [-0.05, 0) is 25.0 Å². The van der Waals surface area contributed by atoms with Gasteiger partial charge in [0.15, 0.2) is 5.78 Å². The molecule has 0 atom stereocenters. The number of carbonyl (C=O) groups is 2. The zero-order chi connectivity index (χ0) is 14.5. The molecule has 0 spiro atoms. The van der Waals surface area contributed by atoms with Crippen LogP contribution >= 0.6 is 0 Å². The minimum atomic E-state index is -0.123. The molecule has 1 aliphatic rings. The van der Waals surface area contributed by atoms with Crippen molar-refractivity contribution in [2.24, 2.45) is 5.92 Å². The summed E-state index contributed by atoms with van der Waals surface area (Å²) in [4.78, 5) is 25.7. The van der Waals surface area contributed by atoms with Crippen LogP contribution in [0.1, 0.15) is 36.5 Å². The maximum atomic E-state index is 12.0. The van der Waals surface area contributed by atoms with Gasteiger partial charge in [0.25, 0.3) is 0 Å². The average molecular weight is 275 g/mol. The summed E-state index contributed by atoms with van der Waals surface area (Å²) in [6, 6.07) is 7.72. The molecule has 0 bridgehead atoms. The van der Waals surface area contributed by atoms with Crippen molar-refractivity contribution >= 4 is 17.4 Å². The minimum absolute atomic E-state index is 0.00899. The highest BCUT2D eigenvalue weighted by Crippen LogP contribution is 2.27. The first kappa shape index (κ1) is 14.6. The van der Waals surface area contributed by atoms with Crippen molar-refractivity contribution in [3.05, 3.63) is 29.8 Å². The van der Waals surface area contributed by atoms with Gasteiger partial charge in [0, 0.05) is 30.8 Å². The van der Waals surface area contributed by atoms with Gasteiger partial charge in [-0.1, -0.05) is 19.1 Å². The third kappa shape index (κ3) is 3.00. The summed E-state index contributed by atoms with van der Waals surface area (Å²) in [5, 5.41) is 0. The van der Waals surface area contributed by atoms with E-state index < -0.39 is 0 Å². The van der Waals surface area contributed by atoms with Crippen molar-refractivity contribution in [1.82, 2.24) is 0 Å². The summed E-state index contributed by atoms with van der Waals surface area (Å²) in [6.45, 7) is 3.45. The Balaban J connectivity index is 2.11. The fourth-order valence-electron chi connectivity index (χ4n) is 2.70. The van der Waals surface area contributed by atoms with Gasteiger partial charge in [-0.2, -0.15) is 0 Å². The lowest BCUT2D eigenvalue weighted by molar-refractivity contribution is -0.146. The monoisotopic (exact) mass is 275 g/mol. The van der Waals surface area contributed by atoms with E-state index in [1.807, 2.05) is 31.2 Å². The normalized spacial score (nSPS) is 16.0. The first-order valence-electron chi connectivity index (χ1n) is 7.12. The van der Waals surface area contributed by atoms with Crippen molar-refractivity contribution in [2.75, 3.05) is 25.1 Å². The molecule has 1 fully saturated rings. The van der Waals surface area contributed by atoms with Crippen molar-refractivity contribution in [2.45, 2.75) is 26.2 Å². The lowest BCUT2D eigenvalue weighted by Gasteiger charge is -2.33. The van der Waals surface area contributed by atoms with E-state index in [-0.39, 0.29) is 17.7 Å². The number of esters is 1. The SMILES string of the molecule is CCC(=O)c1ccccc1N1CCC(C(=O)OC)CC1. The highest BCUT2D eigenvalue weighted by Gasteiger charge is 2.27. The van der Waals surface area contributed by atoms with Crippen LogP contribution in [-0.2, 0) is 9.53 Å². The standard InChI is InChI=1S/C16H21NO3/c1-3-15(18)13-6-4-5-7-14(13)17-10-8-12(9-11-17)16(19)20-2/h4-7,12H,3,8-11H2,1-2H3. The Bertz CT molecular complexity index is 490. The van der Waals surface area contributed by atoms with Gasteiger partial charge in [-0.25, -0.2) is 0 Å². The number of rotatable bonds is 4. The molecule has 0 amide bonds. The van der Waals surface area contributed by atoms with Crippen LogP contribution in [0.3, 0.4) is 0 Å². The number of benzene rings is 1. The van der Waals surface area contributed by atoms with E-state index in [0.717, 1.165) is 37.2 Å². The molecule has 1 aromatic carbocycles. The third-order valence-electron chi connectivity index (χ3n) is 3.90. The Morgan fingerprint density at radius 2 is 1.90 bits per heavy atom. The lowest BCUT2D eigenvalue weighted by atomic mass is 9.95.